The van der Waals surface area contributed by atoms with E-state index in [1.165, 1.54) is 6.07 Å². The summed E-state index contributed by atoms with van der Waals surface area (Å²) < 4.78 is 0. The van der Waals surface area contributed by atoms with Crippen LogP contribution in [-0.2, 0) is 0 Å². The first-order valence-electron chi connectivity index (χ1n) is 3.11. The fourth-order valence-electron chi connectivity index (χ4n) is 0.818. The van der Waals surface area contributed by atoms with Gasteiger partial charge in [-0.3, -0.25) is 4.79 Å². The summed E-state index contributed by atoms with van der Waals surface area (Å²) in [4.78, 5) is 10.6. The van der Waals surface area contributed by atoms with Gasteiger partial charge in [0.15, 0.2) is 0 Å². The molecule has 1 aromatic carbocycles. The summed E-state index contributed by atoms with van der Waals surface area (Å²) in [7, 11) is 0. The number of phenolic OH excluding ortho intramolecular Hbond substituents is 1. The van der Waals surface area contributed by atoms with E-state index < -0.39 is 5.24 Å². The molecule has 0 saturated heterocycles. The summed E-state index contributed by atoms with van der Waals surface area (Å²) >= 11 is 5.18. The highest BCUT2D eigenvalue weighted by Crippen LogP contribution is 2.22. The largest absolute Gasteiger partial charge is 0.507 e. The van der Waals surface area contributed by atoms with E-state index in [2.05, 4.69) is 0 Å². The zero-order chi connectivity index (χ0) is 8.43. The van der Waals surface area contributed by atoms with Gasteiger partial charge in [0.2, 0.25) is 0 Å². The van der Waals surface area contributed by atoms with Crippen LogP contribution in [0.15, 0.2) is 18.2 Å². The zero-order valence-electron chi connectivity index (χ0n) is 5.97. The van der Waals surface area contributed by atoms with Gasteiger partial charge in [-0.05, 0) is 30.2 Å². The summed E-state index contributed by atoms with van der Waals surface area (Å²) in [5.74, 6) is -0.0347. The van der Waals surface area contributed by atoms with E-state index in [1.54, 1.807) is 19.1 Å². The number of aryl methyl sites for hydroxylation is 1. The maximum Gasteiger partial charge on any atom is 0.256 e. The average molecular weight is 171 g/mol. The van der Waals surface area contributed by atoms with Crippen molar-refractivity contribution in [3.63, 3.8) is 0 Å². The fraction of sp³-hybridized carbons (Fsp3) is 0.125. The highest BCUT2D eigenvalue weighted by Gasteiger charge is 2.08. The van der Waals surface area contributed by atoms with Crippen LogP contribution < -0.4 is 0 Å². The van der Waals surface area contributed by atoms with Crippen molar-refractivity contribution in [2.45, 2.75) is 6.92 Å². The normalized spacial score (nSPS) is 9.64. The number of aromatic hydroxyl groups is 1. The van der Waals surface area contributed by atoms with Gasteiger partial charge < -0.3 is 5.11 Å². The van der Waals surface area contributed by atoms with Crippen molar-refractivity contribution in [2.75, 3.05) is 0 Å². The molecule has 0 bridgehead atoms. The standard InChI is InChI=1S/C8H7ClO2/c1-5-3-2-4-6(7(5)10)8(9)11/h2-4,10H,1H3. The predicted octanol–water partition coefficient (Wildman–Crippen LogP) is 2.08. The molecule has 0 heterocycles. The molecule has 3 heteroatoms. The minimum Gasteiger partial charge on any atom is -0.507 e. The van der Waals surface area contributed by atoms with Crippen molar-refractivity contribution in [2.24, 2.45) is 0 Å². The van der Waals surface area contributed by atoms with Crippen molar-refractivity contribution in [1.82, 2.24) is 0 Å². The number of hydrogen-bond donors (Lipinski definition) is 1. The second-order valence-electron chi connectivity index (χ2n) is 2.24. The smallest absolute Gasteiger partial charge is 0.256 e. The van der Waals surface area contributed by atoms with Crippen molar-refractivity contribution in [3.05, 3.63) is 29.3 Å². The van der Waals surface area contributed by atoms with E-state index in [0.717, 1.165) is 0 Å². The number of para-hydroxylation sites is 1. The molecule has 2 nitrogen and oxygen atoms in total. The first kappa shape index (κ1) is 8.08. The Hall–Kier alpha value is -1.02. The minimum atomic E-state index is -0.633. The van der Waals surface area contributed by atoms with Gasteiger partial charge in [-0.15, -0.1) is 0 Å². The molecule has 0 aromatic heterocycles. The van der Waals surface area contributed by atoms with Crippen LogP contribution in [0.2, 0.25) is 0 Å². The topological polar surface area (TPSA) is 37.3 Å². The van der Waals surface area contributed by atoms with E-state index >= 15 is 0 Å². The minimum absolute atomic E-state index is 0.0347. The molecule has 1 aromatic rings. The van der Waals surface area contributed by atoms with E-state index in [-0.39, 0.29) is 11.3 Å². The molecule has 0 aliphatic rings. The molecular weight excluding hydrogens is 164 g/mol. The molecule has 11 heavy (non-hydrogen) atoms. The summed E-state index contributed by atoms with van der Waals surface area (Å²) in [5, 5.41) is 8.63. The van der Waals surface area contributed by atoms with E-state index in [4.69, 9.17) is 11.6 Å². The van der Waals surface area contributed by atoms with E-state index in [1.807, 2.05) is 0 Å². The van der Waals surface area contributed by atoms with Crippen LogP contribution in [0, 0.1) is 6.92 Å². The molecule has 1 rings (SSSR count). The maximum atomic E-state index is 10.6. The zero-order valence-corrected chi connectivity index (χ0v) is 6.72. The van der Waals surface area contributed by atoms with Crippen LogP contribution in [0.3, 0.4) is 0 Å². The lowest BCUT2D eigenvalue weighted by Crippen LogP contribution is -1.90. The van der Waals surface area contributed by atoms with E-state index in [0.29, 0.717) is 5.56 Å². The van der Waals surface area contributed by atoms with Crippen LogP contribution in [0.4, 0.5) is 0 Å². The second kappa shape index (κ2) is 2.93. The van der Waals surface area contributed by atoms with Crippen LogP contribution >= 0.6 is 11.6 Å². The van der Waals surface area contributed by atoms with Gasteiger partial charge in [-0.25, -0.2) is 0 Å². The number of carbonyl (C=O) groups is 1. The fourth-order valence-corrected chi connectivity index (χ4v) is 0.970. The highest BCUT2D eigenvalue weighted by molar-refractivity contribution is 6.68. The first-order chi connectivity index (χ1) is 5.13. The van der Waals surface area contributed by atoms with Crippen molar-refractivity contribution in [1.29, 1.82) is 0 Å². The third-order valence-corrected chi connectivity index (χ3v) is 1.65. The van der Waals surface area contributed by atoms with Gasteiger partial charge in [0.05, 0.1) is 5.56 Å². The molecule has 0 aliphatic heterocycles. The molecule has 0 atom stereocenters. The van der Waals surface area contributed by atoms with Crippen molar-refractivity contribution in [3.8, 4) is 5.75 Å². The van der Waals surface area contributed by atoms with Gasteiger partial charge in [0.25, 0.3) is 5.24 Å². The highest BCUT2D eigenvalue weighted by atomic mass is 35.5. The second-order valence-corrected chi connectivity index (χ2v) is 2.59. The van der Waals surface area contributed by atoms with Crippen LogP contribution in [0.1, 0.15) is 15.9 Å². The number of halogens is 1. The van der Waals surface area contributed by atoms with Gasteiger partial charge in [0, 0.05) is 0 Å². The van der Waals surface area contributed by atoms with Crippen molar-refractivity contribution < 1.29 is 9.90 Å². The molecule has 0 spiro atoms. The lowest BCUT2D eigenvalue weighted by atomic mass is 10.1. The summed E-state index contributed by atoms with van der Waals surface area (Å²) in [6.07, 6.45) is 0. The third kappa shape index (κ3) is 1.52. The Labute approximate surface area is 69.4 Å². The molecule has 0 fully saturated rings. The summed E-state index contributed by atoms with van der Waals surface area (Å²) in [5.41, 5.74) is 0.808. The monoisotopic (exact) mass is 170 g/mol. The number of carbonyl (C=O) groups excluding carboxylic acids is 1. The number of benzene rings is 1. The Morgan fingerprint density at radius 1 is 1.55 bits per heavy atom. The van der Waals surface area contributed by atoms with Crippen LogP contribution in [-0.4, -0.2) is 10.3 Å². The number of rotatable bonds is 1. The Kier molecular flexibility index (Phi) is 2.15. The number of phenols is 1. The Morgan fingerprint density at radius 2 is 2.18 bits per heavy atom. The number of hydrogen-bond acceptors (Lipinski definition) is 2. The van der Waals surface area contributed by atoms with Crippen LogP contribution in [0.5, 0.6) is 5.75 Å². The lowest BCUT2D eigenvalue weighted by Gasteiger charge is -2.00. The molecule has 1 N–H and O–H groups in total. The average Bonchev–Trinajstić information content (AvgIpc) is 1.94. The quantitative estimate of drug-likeness (QED) is 0.656. The molecule has 58 valence electrons. The molecule has 0 amide bonds. The van der Waals surface area contributed by atoms with Crippen LogP contribution in [0.25, 0.3) is 0 Å². The molecule has 0 aliphatic carbocycles. The third-order valence-electron chi connectivity index (χ3n) is 1.45. The Balaban J connectivity index is 3.27. The van der Waals surface area contributed by atoms with Gasteiger partial charge in [-0.1, -0.05) is 12.1 Å². The molecule has 0 unspecified atom stereocenters. The molecule has 0 radical (unpaired) electrons. The maximum absolute atomic E-state index is 10.6. The Morgan fingerprint density at radius 3 is 2.64 bits per heavy atom. The Bertz CT molecular complexity index is 294. The van der Waals surface area contributed by atoms with E-state index in [9.17, 15) is 9.90 Å². The van der Waals surface area contributed by atoms with Gasteiger partial charge in [0.1, 0.15) is 5.75 Å². The predicted molar refractivity (Wildman–Crippen MR) is 43.0 cm³/mol. The first-order valence-corrected chi connectivity index (χ1v) is 3.49. The van der Waals surface area contributed by atoms with Crippen molar-refractivity contribution >= 4 is 16.8 Å². The molecular formula is C8H7ClO2. The van der Waals surface area contributed by atoms with Gasteiger partial charge in [-0.2, -0.15) is 0 Å². The lowest BCUT2D eigenvalue weighted by molar-refractivity contribution is 0.107. The van der Waals surface area contributed by atoms with Gasteiger partial charge >= 0.3 is 0 Å². The SMILES string of the molecule is Cc1cccc(C(=O)Cl)c1O. The molecule has 0 saturated carbocycles. The summed E-state index contributed by atoms with van der Waals surface area (Å²) in [6, 6.07) is 4.86. The summed E-state index contributed by atoms with van der Waals surface area (Å²) in [6.45, 7) is 1.71.